The van der Waals surface area contributed by atoms with Crippen molar-refractivity contribution >= 4 is 11.3 Å². The highest BCUT2D eigenvalue weighted by Gasteiger charge is 2.37. The summed E-state index contributed by atoms with van der Waals surface area (Å²) in [7, 11) is 0. The molecule has 102 valence electrons. The van der Waals surface area contributed by atoms with Crippen LogP contribution >= 0.6 is 11.3 Å². The summed E-state index contributed by atoms with van der Waals surface area (Å²) in [5, 5.41) is 5.81. The summed E-state index contributed by atoms with van der Waals surface area (Å²) in [6, 6.07) is 4.76. The van der Waals surface area contributed by atoms with E-state index >= 15 is 0 Å². The van der Waals surface area contributed by atoms with Gasteiger partial charge in [0.25, 0.3) is 0 Å². The lowest BCUT2D eigenvalue weighted by molar-refractivity contribution is -0.0231. The highest BCUT2D eigenvalue weighted by atomic mass is 32.1. The fourth-order valence-corrected chi connectivity index (χ4v) is 3.66. The first-order valence-electron chi connectivity index (χ1n) is 6.76. The maximum atomic E-state index is 5.47. The van der Waals surface area contributed by atoms with Crippen LogP contribution in [0.4, 0.5) is 0 Å². The van der Waals surface area contributed by atoms with Crippen molar-refractivity contribution < 1.29 is 4.74 Å². The van der Waals surface area contributed by atoms with Crippen molar-refractivity contribution in [3.05, 3.63) is 22.4 Å². The molecule has 1 aromatic heterocycles. The molecule has 3 nitrogen and oxygen atoms in total. The molecule has 0 aromatic carbocycles. The first kappa shape index (κ1) is 14.0. The first-order valence-corrected chi connectivity index (χ1v) is 7.63. The molecule has 0 amide bonds. The van der Waals surface area contributed by atoms with Gasteiger partial charge in [-0.05, 0) is 31.8 Å². The largest absolute Gasteiger partial charge is 0.379 e. The minimum atomic E-state index is 0.116. The van der Waals surface area contributed by atoms with E-state index in [1.54, 1.807) is 0 Å². The van der Waals surface area contributed by atoms with E-state index in [1.807, 2.05) is 11.3 Å². The molecule has 1 atom stereocenters. The highest BCUT2D eigenvalue weighted by Crippen LogP contribution is 2.33. The molecule has 1 aliphatic rings. The summed E-state index contributed by atoms with van der Waals surface area (Å²) in [5.74, 6) is 0. The quantitative estimate of drug-likeness (QED) is 0.888. The van der Waals surface area contributed by atoms with Gasteiger partial charge in [0.1, 0.15) is 0 Å². The van der Waals surface area contributed by atoms with Gasteiger partial charge in [-0.2, -0.15) is 0 Å². The minimum absolute atomic E-state index is 0.116. The Morgan fingerprint density at radius 2 is 2.17 bits per heavy atom. The fraction of sp³-hybridized carbons (Fsp3) is 0.714. The number of likely N-dealkylation sites (N-methyl/N-ethyl adjacent to an activating group) is 1. The van der Waals surface area contributed by atoms with E-state index in [0.717, 1.165) is 32.8 Å². The van der Waals surface area contributed by atoms with Gasteiger partial charge in [0.2, 0.25) is 0 Å². The van der Waals surface area contributed by atoms with Crippen LogP contribution in [0.1, 0.15) is 31.7 Å². The summed E-state index contributed by atoms with van der Waals surface area (Å²) >= 11 is 1.84. The van der Waals surface area contributed by atoms with Gasteiger partial charge in [-0.3, -0.25) is 4.90 Å². The average molecular weight is 268 g/mol. The van der Waals surface area contributed by atoms with Gasteiger partial charge in [0, 0.05) is 23.5 Å². The second kappa shape index (κ2) is 6.15. The van der Waals surface area contributed by atoms with Crippen molar-refractivity contribution in [3.8, 4) is 0 Å². The number of nitrogens with zero attached hydrogens (tertiary/aromatic N) is 1. The van der Waals surface area contributed by atoms with Crippen LogP contribution in [0.5, 0.6) is 0 Å². The Balaban J connectivity index is 2.17. The number of hydrogen-bond acceptors (Lipinski definition) is 4. The number of morpholine rings is 1. The molecule has 2 heterocycles. The van der Waals surface area contributed by atoms with Gasteiger partial charge in [0.15, 0.2) is 0 Å². The lowest BCUT2D eigenvalue weighted by atomic mass is 9.90. The van der Waals surface area contributed by atoms with Crippen LogP contribution in [0.2, 0.25) is 0 Å². The van der Waals surface area contributed by atoms with E-state index in [1.165, 1.54) is 4.88 Å². The third kappa shape index (κ3) is 2.94. The van der Waals surface area contributed by atoms with Gasteiger partial charge in [-0.15, -0.1) is 11.3 Å². The van der Waals surface area contributed by atoms with Crippen LogP contribution in [0.25, 0.3) is 0 Å². The number of nitrogens with one attached hydrogen (secondary N) is 1. The highest BCUT2D eigenvalue weighted by molar-refractivity contribution is 7.10. The smallest absolute Gasteiger partial charge is 0.0596 e. The molecule has 0 aliphatic carbocycles. The molecule has 1 fully saturated rings. The molecular weight excluding hydrogens is 244 g/mol. The Morgan fingerprint density at radius 3 is 2.72 bits per heavy atom. The van der Waals surface area contributed by atoms with E-state index < -0.39 is 0 Å². The summed E-state index contributed by atoms with van der Waals surface area (Å²) in [6.45, 7) is 11.6. The predicted octanol–water partition coefficient (Wildman–Crippen LogP) is 2.51. The standard InChI is InChI=1S/C14H24N2OS/c1-4-15-13(12-6-5-11-18-12)14(2,3)16-7-9-17-10-8-16/h5-6,11,13,15H,4,7-10H2,1-3H3. The zero-order valence-electron chi connectivity index (χ0n) is 11.6. The van der Waals surface area contributed by atoms with Crippen LogP contribution in [0.3, 0.4) is 0 Å². The summed E-state index contributed by atoms with van der Waals surface area (Å²) in [5.41, 5.74) is 0.116. The SMILES string of the molecule is CCNC(c1cccs1)C(C)(C)N1CCOCC1. The number of hydrogen-bond donors (Lipinski definition) is 1. The maximum absolute atomic E-state index is 5.47. The average Bonchev–Trinajstić information content (AvgIpc) is 2.90. The number of ether oxygens (including phenoxy) is 1. The molecule has 0 saturated carbocycles. The third-order valence-corrected chi connectivity index (χ3v) is 4.71. The predicted molar refractivity (Wildman–Crippen MR) is 77.2 cm³/mol. The Hall–Kier alpha value is -0.420. The minimum Gasteiger partial charge on any atom is -0.379 e. The third-order valence-electron chi connectivity index (χ3n) is 3.77. The first-order chi connectivity index (χ1) is 8.66. The lowest BCUT2D eigenvalue weighted by Gasteiger charge is -2.45. The molecule has 0 spiro atoms. The molecule has 2 rings (SSSR count). The maximum Gasteiger partial charge on any atom is 0.0596 e. The molecule has 18 heavy (non-hydrogen) atoms. The fourth-order valence-electron chi connectivity index (χ4n) is 2.68. The summed E-state index contributed by atoms with van der Waals surface area (Å²) in [4.78, 5) is 3.97. The van der Waals surface area contributed by atoms with Crippen molar-refractivity contribution in [2.75, 3.05) is 32.8 Å². The van der Waals surface area contributed by atoms with Gasteiger partial charge in [0.05, 0.1) is 19.3 Å². The van der Waals surface area contributed by atoms with Crippen LogP contribution < -0.4 is 5.32 Å². The van der Waals surface area contributed by atoms with Crippen LogP contribution in [-0.2, 0) is 4.74 Å². The van der Waals surface area contributed by atoms with E-state index in [-0.39, 0.29) is 5.54 Å². The second-order valence-corrected chi connectivity index (χ2v) is 6.24. The van der Waals surface area contributed by atoms with Crippen LogP contribution in [0.15, 0.2) is 17.5 Å². The molecule has 0 bridgehead atoms. The summed E-state index contributed by atoms with van der Waals surface area (Å²) in [6.07, 6.45) is 0. The van der Waals surface area contributed by atoms with E-state index in [4.69, 9.17) is 4.74 Å². The Kier molecular flexibility index (Phi) is 4.78. The van der Waals surface area contributed by atoms with Crippen molar-refractivity contribution in [1.82, 2.24) is 10.2 Å². The van der Waals surface area contributed by atoms with Crippen molar-refractivity contribution in [3.63, 3.8) is 0 Å². The van der Waals surface area contributed by atoms with E-state index in [2.05, 4.69) is 48.5 Å². The molecule has 1 aromatic rings. The van der Waals surface area contributed by atoms with Crippen LogP contribution in [-0.4, -0.2) is 43.3 Å². The second-order valence-electron chi connectivity index (χ2n) is 5.26. The van der Waals surface area contributed by atoms with Gasteiger partial charge in [-0.25, -0.2) is 0 Å². The molecular formula is C14H24N2OS. The van der Waals surface area contributed by atoms with Gasteiger partial charge >= 0.3 is 0 Å². The number of rotatable bonds is 5. The van der Waals surface area contributed by atoms with E-state index in [9.17, 15) is 0 Å². The molecule has 1 unspecified atom stereocenters. The van der Waals surface area contributed by atoms with Gasteiger partial charge < -0.3 is 10.1 Å². The zero-order chi connectivity index (χ0) is 13.0. The monoisotopic (exact) mass is 268 g/mol. The van der Waals surface area contributed by atoms with E-state index in [0.29, 0.717) is 6.04 Å². The summed E-state index contributed by atoms with van der Waals surface area (Å²) < 4.78 is 5.47. The lowest BCUT2D eigenvalue weighted by Crippen LogP contribution is -2.56. The van der Waals surface area contributed by atoms with Crippen LogP contribution in [0, 0.1) is 0 Å². The Morgan fingerprint density at radius 1 is 1.44 bits per heavy atom. The topological polar surface area (TPSA) is 24.5 Å². The Labute approximate surface area is 114 Å². The molecule has 1 N–H and O–H groups in total. The molecule has 1 saturated heterocycles. The number of thiophene rings is 1. The Bertz CT molecular complexity index is 345. The molecule has 4 heteroatoms. The normalized spacial score (nSPS) is 19.9. The van der Waals surface area contributed by atoms with Crippen molar-refractivity contribution in [1.29, 1.82) is 0 Å². The van der Waals surface area contributed by atoms with Crippen molar-refractivity contribution in [2.24, 2.45) is 0 Å². The molecule has 1 aliphatic heterocycles. The zero-order valence-corrected chi connectivity index (χ0v) is 12.4. The van der Waals surface area contributed by atoms with Gasteiger partial charge in [-0.1, -0.05) is 13.0 Å². The molecule has 0 radical (unpaired) electrons. The van der Waals surface area contributed by atoms with Crippen molar-refractivity contribution in [2.45, 2.75) is 32.4 Å².